The summed E-state index contributed by atoms with van der Waals surface area (Å²) in [4.78, 5) is 55.2. The zero-order valence-electron chi connectivity index (χ0n) is 19.2. The zero-order valence-corrected chi connectivity index (χ0v) is 20.7. The van der Waals surface area contributed by atoms with Crippen LogP contribution in [-0.4, -0.2) is 29.9 Å². The molecule has 0 saturated heterocycles. The molecule has 0 radical (unpaired) electrons. The largest absolute Gasteiger partial charge is 0.371 e. The number of amides is 2. The van der Waals surface area contributed by atoms with Gasteiger partial charge in [0.25, 0.3) is 5.91 Å². The summed E-state index contributed by atoms with van der Waals surface area (Å²) < 4.78 is 0. The topological polar surface area (TPSA) is 110 Å². The average molecular weight is 512 g/mol. The molecule has 9 heteroatoms. The Hall–Kier alpha value is -3.16. The highest BCUT2D eigenvalue weighted by atomic mass is 35.5. The van der Waals surface area contributed by atoms with Gasteiger partial charge in [-0.1, -0.05) is 42.3 Å². The second-order valence-corrected chi connectivity index (χ2v) is 10.5. The minimum absolute atomic E-state index is 0.00409. The number of Topliss-reactive ketones (excluding diaryl/α,β-unsaturated/α-hetero) is 2. The number of hydrogen-bond acceptors (Lipinski definition) is 5. The van der Waals surface area contributed by atoms with Crippen molar-refractivity contribution in [2.24, 2.45) is 11.1 Å². The Balaban J connectivity index is 1.86. The normalized spacial score (nSPS) is 22.1. The fraction of sp³-hybridized carbons (Fsp3) is 0.308. The molecule has 180 valence electrons. The molecule has 3 aliphatic rings. The van der Waals surface area contributed by atoms with E-state index < -0.39 is 22.8 Å². The lowest BCUT2D eigenvalue weighted by molar-refractivity contribution is -0.126. The zero-order chi connectivity index (χ0) is 25.3. The highest BCUT2D eigenvalue weighted by Crippen LogP contribution is 2.57. The van der Waals surface area contributed by atoms with Gasteiger partial charge in [0, 0.05) is 21.9 Å². The van der Waals surface area contributed by atoms with Crippen molar-refractivity contribution in [2.45, 2.75) is 38.6 Å². The molecule has 1 unspecified atom stereocenters. The molecule has 3 N–H and O–H groups in total. The van der Waals surface area contributed by atoms with Crippen LogP contribution in [-0.2, 0) is 31.1 Å². The number of hydrogen-bond donors (Lipinski definition) is 2. The van der Waals surface area contributed by atoms with E-state index in [0.29, 0.717) is 45.3 Å². The van der Waals surface area contributed by atoms with Crippen molar-refractivity contribution in [3.8, 4) is 0 Å². The number of aryl methyl sites for hydroxylation is 1. The summed E-state index contributed by atoms with van der Waals surface area (Å²) in [6.45, 7) is 3.25. The maximum atomic E-state index is 14.1. The molecule has 1 heterocycles. The van der Waals surface area contributed by atoms with E-state index in [1.165, 1.54) is 4.90 Å². The van der Waals surface area contributed by atoms with Crippen LogP contribution in [0.2, 0.25) is 10.0 Å². The Morgan fingerprint density at radius 1 is 1.09 bits per heavy atom. The third kappa shape index (κ3) is 3.40. The predicted molar refractivity (Wildman–Crippen MR) is 132 cm³/mol. The number of nitrogens with two attached hydrogens (primary N) is 1. The number of halogens is 2. The Kier molecular flexibility index (Phi) is 5.34. The molecular formula is C26H23Cl2N3O4. The van der Waals surface area contributed by atoms with Gasteiger partial charge in [0.15, 0.2) is 17.1 Å². The molecule has 1 atom stereocenters. The van der Waals surface area contributed by atoms with Crippen molar-refractivity contribution < 1.29 is 19.2 Å². The van der Waals surface area contributed by atoms with Gasteiger partial charge in [-0.2, -0.15) is 0 Å². The molecule has 35 heavy (non-hydrogen) atoms. The molecule has 2 aromatic rings. The molecule has 0 aromatic heterocycles. The first-order chi connectivity index (χ1) is 16.5. The van der Waals surface area contributed by atoms with E-state index in [1.807, 2.05) is 6.92 Å². The van der Waals surface area contributed by atoms with E-state index in [2.05, 4.69) is 5.32 Å². The lowest BCUT2D eigenvalue weighted by atomic mass is 9.77. The smallest absolute Gasteiger partial charge is 0.276 e. The van der Waals surface area contributed by atoms with Crippen LogP contribution in [0.25, 0.3) is 0 Å². The molecule has 2 aliphatic carbocycles. The number of primary amides is 1. The Morgan fingerprint density at radius 2 is 1.74 bits per heavy atom. The van der Waals surface area contributed by atoms with Gasteiger partial charge in [-0.05, 0) is 60.7 Å². The van der Waals surface area contributed by atoms with Crippen LogP contribution >= 0.6 is 23.2 Å². The van der Waals surface area contributed by atoms with Gasteiger partial charge in [0.2, 0.25) is 5.91 Å². The predicted octanol–water partition coefficient (Wildman–Crippen LogP) is 3.37. The van der Waals surface area contributed by atoms with Crippen LogP contribution in [0.5, 0.6) is 0 Å². The third-order valence-corrected chi connectivity index (χ3v) is 7.67. The van der Waals surface area contributed by atoms with E-state index in [0.717, 1.165) is 0 Å². The van der Waals surface area contributed by atoms with E-state index in [1.54, 1.807) is 43.3 Å². The van der Waals surface area contributed by atoms with Crippen LogP contribution in [0.4, 0.5) is 5.69 Å². The number of nitrogens with zero attached hydrogens (tertiary/aromatic N) is 1. The maximum Gasteiger partial charge on any atom is 0.276 e. The van der Waals surface area contributed by atoms with Gasteiger partial charge in [-0.3, -0.25) is 24.1 Å². The highest BCUT2D eigenvalue weighted by molar-refractivity contribution is 6.32. The standard InChI is InChI=1S/C26H23Cl2N3O4/c1-13-3-4-16(28)11-18(13)31-24(35)22(30-12-20(29)33)21(23(34)25(2)7-8-25)26(31)17-6-5-15(27)9-14(17)10-19(26)32/h3-6,9,11,30H,7-8,10,12H2,1-2H3,(H2,29,33). The van der Waals surface area contributed by atoms with Crippen molar-refractivity contribution in [3.63, 3.8) is 0 Å². The first-order valence-electron chi connectivity index (χ1n) is 11.3. The summed E-state index contributed by atoms with van der Waals surface area (Å²) in [6.07, 6.45) is 1.27. The van der Waals surface area contributed by atoms with Crippen molar-refractivity contribution in [2.75, 3.05) is 11.4 Å². The van der Waals surface area contributed by atoms with Gasteiger partial charge >= 0.3 is 0 Å². The summed E-state index contributed by atoms with van der Waals surface area (Å²) in [5.41, 5.74) is 5.17. The fourth-order valence-electron chi connectivity index (χ4n) is 5.14. The Morgan fingerprint density at radius 3 is 2.40 bits per heavy atom. The first kappa shape index (κ1) is 23.6. The van der Waals surface area contributed by atoms with Gasteiger partial charge in [-0.25, -0.2) is 0 Å². The number of fused-ring (bicyclic) bond motifs is 2. The summed E-state index contributed by atoms with van der Waals surface area (Å²) in [7, 11) is 0. The molecule has 7 nitrogen and oxygen atoms in total. The number of carbonyl (C=O) groups is 4. The molecule has 2 aromatic carbocycles. The van der Waals surface area contributed by atoms with E-state index in [-0.39, 0.29) is 35.8 Å². The maximum absolute atomic E-state index is 14.1. The van der Waals surface area contributed by atoms with Gasteiger partial charge in [0.05, 0.1) is 17.8 Å². The van der Waals surface area contributed by atoms with Crippen molar-refractivity contribution in [1.29, 1.82) is 0 Å². The molecule has 1 fully saturated rings. The second-order valence-electron chi connectivity index (χ2n) is 9.64. The SMILES string of the molecule is Cc1ccc(Cl)cc1N1C(=O)C(NCC(N)=O)=C(C(=O)C2(C)CC2)C12C(=O)Cc1cc(Cl)ccc12. The summed E-state index contributed by atoms with van der Waals surface area (Å²) in [5, 5.41) is 3.61. The number of rotatable bonds is 6. The first-order valence-corrected chi connectivity index (χ1v) is 12.0. The summed E-state index contributed by atoms with van der Waals surface area (Å²) >= 11 is 12.6. The lowest BCUT2D eigenvalue weighted by Gasteiger charge is -2.38. The van der Waals surface area contributed by atoms with Gasteiger partial charge in [-0.15, -0.1) is 0 Å². The number of nitrogens with one attached hydrogen (secondary N) is 1. The Labute approximate surface area is 212 Å². The van der Waals surface area contributed by atoms with Crippen LogP contribution < -0.4 is 16.0 Å². The van der Waals surface area contributed by atoms with Crippen LogP contribution in [0, 0.1) is 12.3 Å². The monoisotopic (exact) mass is 511 g/mol. The molecule has 5 rings (SSSR count). The Bertz CT molecular complexity index is 1380. The number of benzene rings is 2. The molecule has 2 amide bonds. The summed E-state index contributed by atoms with van der Waals surface area (Å²) in [5.74, 6) is -1.92. The van der Waals surface area contributed by atoms with E-state index in [4.69, 9.17) is 28.9 Å². The highest BCUT2D eigenvalue weighted by Gasteiger charge is 2.66. The second kappa shape index (κ2) is 7.93. The van der Waals surface area contributed by atoms with Crippen LogP contribution in [0.3, 0.4) is 0 Å². The minimum Gasteiger partial charge on any atom is -0.371 e. The molecular weight excluding hydrogens is 489 g/mol. The van der Waals surface area contributed by atoms with Crippen molar-refractivity contribution >= 4 is 52.3 Å². The minimum atomic E-state index is -1.71. The number of anilines is 1. The van der Waals surface area contributed by atoms with E-state index in [9.17, 15) is 19.2 Å². The number of carbonyl (C=O) groups excluding carboxylic acids is 4. The van der Waals surface area contributed by atoms with Crippen molar-refractivity contribution in [3.05, 3.63) is 74.4 Å². The molecule has 1 spiro atoms. The number of ketones is 2. The molecule has 1 aliphatic heterocycles. The van der Waals surface area contributed by atoms with Gasteiger partial charge in [0.1, 0.15) is 5.70 Å². The van der Waals surface area contributed by atoms with Crippen LogP contribution in [0.1, 0.15) is 36.5 Å². The lowest BCUT2D eigenvalue weighted by Crippen LogP contribution is -2.52. The average Bonchev–Trinajstić information content (AvgIpc) is 3.41. The van der Waals surface area contributed by atoms with E-state index >= 15 is 0 Å². The fourth-order valence-corrected chi connectivity index (χ4v) is 5.50. The van der Waals surface area contributed by atoms with Crippen LogP contribution in [0.15, 0.2) is 47.7 Å². The molecule has 0 bridgehead atoms. The third-order valence-electron chi connectivity index (χ3n) is 7.20. The van der Waals surface area contributed by atoms with Gasteiger partial charge < -0.3 is 11.1 Å². The summed E-state index contributed by atoms with van der Waals surface area (Å²) in [6, 6.07) is 10.1. The quantitative estimate of drug-likeness (QED) is 0.617. The van der Waals surface area contributed by atoms with Crippen molar-refractivity contribution in [1.82, 2.24) is 5.32 Å². The molecule has 1 saturated carbocycles.